The lowest BCUT2D eigenvalue weighted by Crippen LogP contribution is -2.18. The zero-order chi connectivity index (χ0) is 12.2. The summed E-state index contributed by atoms with van der Waals surface area (Å²) in [6, 6.07) is 0.582. The molecule has 1 aliphatic rings. The Morgan fingerprint density at radius 1 is 1.29 bits per heavy atom. The van der Waals surface area contributed by atoms with Crippen LogP contribution >= 0.6 is 0 Å². The Morgan fingerprint density at radius 3 is 2.59 bits per heavy atom. The Labute approximate surface area is 101 Å². The minimum atomic E-state index is 0.0358. The molecule has 0 radical (unpaired) electrons. The van der Waals surface area contributed by atoms with Crippen molar-refractivity contribution in [2.24, 2.45) is 0 Å². The zero-order valence-electron chi connectivity index (χ0n) is 10.6. The molecular formula is C13H18N4. The maximum atomic E-state index is 6.06. The molecule has 90 valence electrons. The number of nitrogens with two attached hydrogens (primary N) is 1. The number of hydrogen-bond acceptors (Lipinski definition) is 3. The quantitative estimate of drug-likeness (QED) is 0.819. The third-order valence-electron chi connectivity index (χ3n) is 3.20. The standard InChI is InChI=1S/C13H18N4/c1-13(2,3)12-16-10-7-15-6-9(14)11(10)17(12)8-4-5-8/h6-8H,4-5,14H2,1-3H3. The van der Waals surface area contributed by atoms with Crippen molar-refractivity contribution in [3.63, 3.8) is 0 Å². The Hall–Kier alpha value is -1.58. The second kappa shape index (κ2) is 3.22. The van der Waals surface area contributed by atoms with Crippen molar-refractivity contribution in [3.8, 4) is 0 Å². The average molecular weight is 230 g/mol. The van der Waals surface area contributed by atoms with E-state index in [-0.39, 0.29) is 5.41 Å². The molecule has 2 heterocycles. The Balaban J connectivity index is 2.36. The number of aromatic nitrogens is 3. The van der Waals surface area contributed by atoms with Gasteiger partial charge in [0.15, 0.2) is 0 Å². The average Bonchev–Trinajstić information content (AvgIpc) is 2.97. The van der Waals surface area contributed by atoms with Gasteiger partial charge in [-0.25, -0.2) is 4.98 Å². The van der Waals surface area contributed by atoms with Crippen LogP contribution in [-0.2, 0) is 5.41 Å². The normalized spacial score (nSPS) is 16.6. The van der Waals surface area contributed by atoms with E-state index in [2.05, 4.69) is 30.3 Å². The van der Waals surface area contributed by atoms with Gasteiger partial charge in [-0.05, 0) is 12.8 Å². The van der Waals surface area contributed by atoms with E-state index in [1.54, 1.807) is 12.4 Å². The molecule has 4 nitrogen and oxygen atoms in total. The van der Waals surface area contributed by atoms with Crippen LogP contribution in [0.15, 0.2) is 12.4 Å². The summed E-state index contributed by atoms with van der Waals surface area (Å²) in [5, 5.41) is 0. The molecule has 17 heavy (non-hydrogen) atoms. The van der Waals surface area contributed by atoms with Gasteiger partial charge >= 0.3 is 0 Å². The molecule has 2 N–H and O–H groups in total. The number of fused-ring (bicyclic) bond motifs is 1. The maximum absolute atomic E-state index is 6.06. The molecule has 1 fully saturated rings. The molecule has 2 aromatic rings. The molecule has 1 saturated carbocycles. The van der Waals surface area contributed by atoms with E-state index in [1.165, 1.54) is 12.8 Å². The van der Waals surface area contributed by atoms with Crippen molar-refractivity contribution in [2.75, 3.05) is 5.73 Å². The number of hydrogen-bond donors (Lipinski definition) is 1. The summed E-state index contributed by atoms with van der Waals surface area (Å²) in [6.45, 7) is 6.57. The van der Waals surface area contributed by atoms with E-state index in [9.17, 15) is 0 Å². The zero-order valence-corrected chi connectivity index (χ0v) is 10.6. The third-order valence-corrected chi connectivity index (χ3v) is 3.20. The lowest BCUT2D eigenvalue weighted by molar-refractivity contribution is 0.508. The molecule has 4 heteroatoms. The van der Waals surface area contributed by atoms with Gasteiger partial charge in [0, 0.05) is 11.5 Å². The van der Waals surface area contributed by atoms with Crippen molar-refractivity contribution in [3.05, 3.63) is 18.2 Å². The largest absolute Gasteiger partial charge is 0.396 e. The van der Waals surface area contributed by atoms with Gasteiger partial charge in [0.25, 0.3) is 0 Å². The highest BCUT2D eigenvalue weighted by Gasteiger charge is 2.33. The van der Waals surface area contributed by atoms with Crippen LogP contribution in [0.1, 0.15) is 45.5 Å². The van der Waals surface area contributed by atoms with Gasteiger partial charge in [0.2, 0.25) is 0 Å². The number of pyridine rings is 1. The molecule has 0 bridgehead atoms. The number of imidazole rings is 1. The minimum absolute atomic E-state index is 0.0358. The van der Waals surface area contributed by atoms with Crippen LogP contribution in [0.2, 0.25) is 0 Å². The van der Waals surface area contributed by atoms with Crippen LogP contribution in [-0.4, -0.2) is 14.5 Å². The molecular weight excluding hydrogens is 212 g/mol. The number of nitrogens with zero attached hydrogens (tertiary/aromatic N) is 3. The monoisotopic (exact) mass is 230 g/mol. The summed E-state index contributed by atoms with van der Waals surface area (Å²) in [5.41, 5.74) is 8.81. The highest BCUT2D eigenvalue weighted by atomic mass is 15.1. The summed E-state index contributed by atoms with van der Waals surface area (Å²) >= 11 is 0. The smallest absolute Gasteiger partial charge is 0.115 e. The minimum Gasteiger partial charge on any atom is -0.396 e. The molecule has 0 aliphatic heterocycles. The van der Waals surface area contributed by atoms with Gasteiger partial charge in [0.1, 0.15) is 11.3 Å². The highest BCUT2D eigenvalue weighted by Crippen LogP contribution is 2.42. The van der Waals surface area contributed by atoms with E-state index in [1.807, 2.05) is 0 Å². The molecule has 3 rings (SSSR count). The van der Waals surface area contributed by atoms with E-state index < -0.39 is 0 Å². The molecule has 0 spiro atoms. The van der Waals surface area contributed by atoms with E-state index in [0.29, 0.717) is 6.04 Å². The van der Waals surface area contributed by atoms with Gasteiger partial charge in [-0.1, -0.05) is 20.8 Å². The number of rotatable bonds is 1. The first kappa shape index (κ1) is 10.6. The Bertz CT molecular complexity index is 573. The number of anilines is 1. The van der Waals surface area contributed by atoms with Crippen molar-refractivity contribution in [2.45, 2.75) is 45.1 Å². The lowest BCUT2D eigenvalue weighted by Gasteiger charge is -2.20. The summed E-state index contributed by atoms with van der Waals surface area (Å²) in [6.07, 6.45) is 5.99. The molecule has 0 aromatic carbocycles. The van der Waals surface area contributed by atoms with Crippen molar-refractivity contribution in [1.82, 2.24) is 14.5 Å². The predicted octanol–water partition coefficient (Wildman–Crippen LogP) is 2.65. The van der Waals surface area contributed by atoms with Gasteiger partial charge in [0.05, 0.1) is 23.6 Å². The molecule has 0 amide bonds. The molecule has 1 aliphatic carbocycles. The van der Waals surface area contributed by atoms with Crippen molar-refractivity contribution >= 4 is 16.7 Å². The van der Waals surface area contributed by atoms with Gasteiger partial charge in [-0.3, -0.25) is 4.98 Å². The Morgan fingerprint density at radius 2 is 2.00 bits per heavy atom. The fourth-order valence-electron chi connectivity index (χ4n) is 2.29. The summed E-state index contributed by atoms with van der Waals surface area (Å²) < 4.78 is 2.33. The van der Waals surface area contributed by atoms with Gasteiger partial charge in [-0.15, -0.1) is 0 Å². The highest BCUT2D eigenvalue weighted by molar-refractivity contribution is 5.87. The fraction of sp³-hybridized carbons (Fsp3) is 0.538. The Kier molecular flexibility index (Phi) is 2.00. The van der Waals surface area contributed by atoms with Crippen molar-refractivity contribution < 1.29 is 0 Å². The molecule has 0 atom stereocenters. The number of nitrogen functional groups attached to an aromatic ring is 1. The van der Waals surface area contributed by atoms with Crippen LogP contribution in [0.25, 0.3) is 11.0 Å². The van der Waals surface area contributed by atoms with Gasteiger partial charge in [-0.2, -0.15) is 0 Å². The lowest BCUT2D eigenvalue weighted by atomic mass is 9.95. The maximum Gasteiger partial charge on any atom is 0.115 e. The summed E-state index contributed by atoms with van der Waals surface area (Å²) in [4.78, 5) is 8.85. The van der Waals surface area contributed by atoms with Crippen LogP contribution in [0.5, 0.6) is 0 Å². The first-order valence-corrected chi connectivity index (χ1v) is 6.10. The molecule has 0 unspecified atom stereocenters. The third kappa shape index (κ3) is 1.59. The topological polar surface area (TPSA) is 56.7 Å². The van der Waals surface area contributed by atoms with Crippen LogP contribution in [0, 0.1) is 0 Å². The first-order chi connectivity index (χ1) is 7.98. The van der Waals surface area contributed by atoms with Crippen LogP contribution in [0.4, 0.5) is 5.69 Å². The van der Waals surface area contributed by atoms with Crippen LogP contribution < -0.4 is 5.73 Å². The van der Waals surface area contributed by atoms with E-state index in [4.69, 9.17) is 10.7 Å². The van der Waals surface area contributed by atoms with Crippen molar-refractivity contribution in [1.29, 1.82) is 0 Å². The van der Waals surface area contributed by atoms with Crippen LogP contribution in [0.3, 0.4) is 0 Å². The SMILES string of the molecule is CC(C)(C)c1nc2cncc(N)c2n1C1CC1. The molecule has 0 saturated heterocycles. The van der Waals surface area contributed by atoms with Gasteiger partial charge < -0.3 is 10.3 Å². The fourth-order valence-corrected chi connectivity index (χ4v) is 2.29. The predicted molar refractivity (Wildman–Crippen MR) is 68.9 cm³/mol. The summed E-state index contributed by atoms with van der Waals surface area (Å²) in [5.74, 6) is 1.12. The van der Waals surface area contributed by atoms with E-state index in [0.717, 1.165) is 22.5 Å². The first-order valence-electron chi connectivity index (χ1n) is 6.10. The van der Waals surface area contributed by atoms with E-state index >= 15 is 0 Å². The second-order valence-corrected chi connectivity index (χ2v) is 5.88. The second-order valence-electron chi connectivity index (χ2n) is 5.88. The summed E-state index contributed by atoms with van der Waals surface area (Å²) in [7, 11) is 0. The molecule has 2 aromatic heterocycles.